The monoisotopic (exact) mass is 437 g/mol. The molecule has 4 aliphatic rings. The van der Waals surface area contributed by atoms with Crippen LogP contribution in [0.25, 0.3) is 0 Å². The minimum absolute atomic E-state index is 0.0134. The van der Waals surface area contributed by atoms with E-state index in [1.807, 2.05) is 0 Å². The number of hydrogen-bond acceptors (Lipinski definition) is 4. The molecular formula is C22H29ClFN3O3. The van der Waals surface area contributed by atoms with Crippen LogP contribution in [-0.4, -0.2) is 42.6 Å². The number of carbonyl (C=O) groups is 2. The molecule has 4 atom stereocenters. The number of benzene rings is 1. The minimum atomic E-state index is -0.581. The van der Waals surface area contributed by atoms with E-state index in [1.165, 1.54) is 18.2 Å². The van der Waals surface area contributed by atoms with Gasteiger partial charge in [-0.2, -0.15) is 0 Å². The topological polar surface area (TPSA) is 79.5 Å². The van der Waals surface area contributed by atoms with Crippen LogP contribution in [0.1, 0.15) is 45.4 Å². The fraction of sp³-hybridized carbons (Fsp3) is 0.636. The van der Waals surface area contributed by atoms with Crippen LogP contribution in [0.5, 0.6) is 5.75 Å². The lowest BCUT2D eigenvalue weighted by Crippen LogP contribution is -2.62. The van der Waals surface area contributed by atoms with E-state index in [4.69, 9.17) is 16.3 Å². The Bertz CT molecular complexity index is 802. The van der Waals surface area contributed by atoms with Gasteiger partial charge < -0.3 is 20.7 Å². The summed E-state index contributed by atoms with van der Waals surface area (Å²) in [6.07, 6.45) is 5.83. The SMILES string of the molecule is CC1CCCC(C(=O)NC2CC(NC(=O)COc3ccc(Cl)c(F)c3)C3CC2C3)N1. The van der Waals surface area contributed by atoms with E-state index in [9.17, 15) is 14.0 Å². The molecule has 164 valence electrons. The average molecular weight is 438 g/mol. The highest BCUT2D eigenvalue weighted by Gasteiger charge is 2.47. The zero-order chi connectivity index (χ0) is 21.3. The number of fused-ring (bicyclic) bond motifs is 2. The molecule has 30 heavy (non-hydrogen) atoms. The first-order chi connectivity index (χ1) is 14.4. The molecule has 1 aromatic carbocycles. The second kappa shape index (κ2) is 9.10. The summed E-state index contributed by atoms with van der Waals surface area (Å²) < 4.78 is 18.9. The van der Waals surface area contributed by atoms with Crippen LogP contribution in [0.4, 0.5) is 4.39 Å². The Balaban J connectivity index is 1.26. The quantitative estimate of drug-likeness (QED) is 0.639. The number of nitrogens with one attached hydrogen (secondary N) is 3. The zero-order valence-electron chi connectivity index (χ0n) is 17.1. The lowest BCUT2D eigenvalue weighted by atomic mass is 9.60. The summed E-state index contributed by atoms with van der Waals surface area (Å²) in [7, 11) is 0. The van der Waals surface area contributed by atoms with Crippen LogP contribution in [0.15, 0.2) is 18.2 Å². The fourth-order valence-corrected chi connectivity index (χ4v) is 5.09. The summed E-state index contributed by atoms with van der Waals surface area (Å²) in [6.45, 7) is 1.93. The maximum absolute atomic E-state index is 13.5. The van der Waals surface area contributed by atoms with Crippen LogP contribution in [0, 0.1) is 17.7 Å². The van der Waals surface area contributed by atoms with Crippen molar-refractivity contribution < 1.29 is 18.7 Å². The molecule has 1 aromatic rings. The minimum Gasteiger partial charge on any atom is -0.484 e. The largest absolute Gasteiger partial charge is 0.484 e. The number of halogens is 2. The molecule has 0 radical (unpaired) electrons. The summed E-state index contributed by atoms with van der Waals surface area (Å²) in [4.78, 5) is 25.1. The van der Waals surface area contributed by atoms with Crippen LogP contribution >= 0.6 is 11.6 Å². The molecule has 0 spiro atoms. The summed E-state index contributed by atoms with van der Waals surface area (Å²) >= 11 is 5.66. The molecule has 1 aliphatic heterocycles. The zero-order valence-corrected chi connectivity index (χ0v) is 17.9. The van der Waals surface area contributed by atoms with Gasteiger partial charge >= 0.3 is 0 Å². The van der Waals surface area contributed by atoms with Crippen LogP contribution in [-0.2, 0) is 9.59 Å². The Kier molecular flexibility index (Phi) is 6.48. The summed E-state index contributed by atoms with van der Waals surface area (Å²) in [5.74, 6) is 0.472. The number of carbonyl (C=O) groups excluding carboxylic acids is 2. The summed E-state index contributed by atoms with van der Waals surface area (Å²) in [5, 5.41) is 9.67. The van der Waals surface area contributed by atoms with Crippen molar-refractivity contribution in [2.45, 2.75) is 69.6 Å². The van der Waals surface area contributed by atoms with E-state index in [0.29, 0.717) is 17.9 Å². The molecule has 0 aromatic heterocycles. The molecule has 4 fully saturated rings. The average Bonchev–Trinajstić information content (AvgIpc) is 2.68. The summed E-state index contributed by atoms with van der Waals surface area (Å²) in [5.41, 5.74) is 0. The first kappa shape index (κ1) is 21.4. The van der Waals surface area contributed by atoms with Gasteiger partial charge in [-0.25, -0.2) is 4.39 Å². The van der Waals surface area contributed by atoms with Crippen molar-refractivity contribution in [3.8, 4) is 5.75 Å². The molecule has 3 saturated carbocycles. The van der Waals surface area contributed by atoms with Gasteiger partial charge in [-0.3, -0.25) is 9.59 Å². The Hall–Kier alpha value is -1.86. The van der Waals surface area contributed by atoms with Crippen LogP contribution < -0.4 is 20.7 Å². The highest BCUT2D eigenvalue weighted by atomic mass is 35.5. The molecule has 4 unspecified atom stereocenters. The standard InChI is InChI=1S/C22H29ClFN3O3/c1-12-3-2-4-18(25-12)22(29)27-20-10-19(13-7-14(20)8-13)26-21(28)11-30-15-5-6-16(23)17(24)9-15/h5-6,9,12-14,18-20,25H,2-4,7-8,10-11H2,1H3,(H,26,28)(H,27,29). The molecule has 2 amide bonds. The van der Waals surface area contributed by atoms with Crippen molar-refractivity contribution in [1.29, 1.82) is 0 Å². The predicted octanol–water partition coefficient (Wildman–Crippen LogP) is 2.79. The van der Waals surface area contributed by atoms with Crippen molar-refractivity contribution in [2.75, 3.05) is 6.61 Å². The van der Waals surface area contributed by atoms with Crippen molar-refractivity contribution in [2.24, 2.45) is 11.8 Å². The molecule has 5 rings (SSSR count). The van der Waals surface area contributed by atoms with Crippen molar-refractivity contribution in [3.05, 3.63) is 29.0 Å². The summed E-state index contributed by atoms with van der Waals surface area (Å²) in [6, 6.07) is 4.46. The fourth-order valence-electron chi connectivity index (χ4n) is 4.97. The maximum atomic E-state index is 13.5. The molecule has 1 heterocycles. The number of rotatable bonds is 6. The second-order valence-electron chi connectivity index (χ2n) is 8.93. The third-order valence-electron chi connectivity index (χ3n) is 6.72. The van der Waals surface area contributed by atoms with Gasteiger partial charge in [0.05, 0.1) is 11.1 Å². The van der Waals surface area contributed by atoms with Crippen molar-refractivity contribution in [3.63, 3.8) is 0 Å². The third kappa shape index (κ3) is 4.89. The first-order valence-electron chi connectivity index (χ1n) is 10.8. The van der Waals surface area contributed by atoms with Gasteiger partial charge in [0, 0.05) is 24.2 Å². The van der Waals surface area contributed by atoms with Gasteiger partial charge in [0.25, 0.3) is 5.91 Å². The van der Waals surface area contributed by atoms with E-state index < -0.39 is 5.82 Å². The lowest BCUT2D eigenvalue weighted by Gasteiger charge is -2.51. The van der Waals surface area contributed by atoms with E-state index in [-0.39, 0.29) is 47.3 Å². The van der Waals surface area contributed by atoms with Gasteiger partial charge in [-0.05, 0) is 69.4 Å². The van der Waals surface area contributed by atoms with Crippen LogP contribution in [0.3, 0.4) is 0 Å². The van der Waals surface area contributed by atoms with Gasteiger partial charge in [0.15, 0.2) is 6.61 Å². The van der Waals surface area contributed by atoms with E-state index in [1.54, 1.807) is 0 Å². The molecule has 3 aliphatic carbocycles. The van der Waals surface area contributed by atoms with E-state index >= 15 is 0 Å². The van der Waals surface area contributed by atoms with Gasteiger partial charge in [-0.1, -0.05) is 11.6 Å². The molecule has 3 N–H and O–H groups in total. The molecule has 1 saturated heterocycles. The number of ether oxygens (including phenoxy) is 1. The Labute approximate surface area is 181 Å². The third-order valence-corrected chi connectivity index (χ3v) is 7.03. The van der Waals surface area contributed by atoms with E-state index in [2.05, 4.69) is 22.9 Å². The van der Waals surface area contributed by atoms with Gasteiger partial charge in [-0.15, -0.1) is 0 Å². The highest BCUT2D eigenvalue weighted by molar-refractivity contribution is 6.30. The first-order valence-corrected chi connectivity index (χ1v) is 11.2. The van der Waals surface area contributed by atoms with Gasteiger partial charge in [0.2, 0.25) is 5.91 Å². The van der Waals surface area contributed by atoms with Crippen molar-refractivity contribution in [1.82, 2.24) is 16.0 Å². The number of hydrogen-bond donors (Lipinski definition) is 3. The normalized spacial score (nSPS) is 32.6. The van der Waals surface area contributed by atoms with Gasteiger partial charge in [0.1, 0.15) is 11.6 Å². The molecule has 6 nitrogen and oxygen atoms in total. The molecule has 8 heteroatoms. The maximum Gasteiger partial charge on any atom is 0.258 e. The Morgan fingerprint density at radius 3 is 2.60 bits per heavy atom. The number of amides is 2. The predicted molar refractivity (Wildman–Crippen MR) is 112 cm³/mol. The second-order valence-corrected chi connectivity index (χ2v) is 9.34. The van der Waals surface area contributed by atoms with Crippen LogP contribution in [0.2, 0.25) is 5.02 Å². The van der Waals surface area contributed by atoms with Crippen molar-refractivity contribution >= 4 is 23.4 Å². The molecule has 2 bridgehead atoms. The lowest BCUT2D eigenvalue weighted by molar-refractivity contribution is -0.127. The number of piperidine rings is 1. The molecular weight excluding hydrogens is 409 g/mol. The van der Waals surface area contributed by atoms with E-state index in [0.717, 1.165) is 38.5 Å². The Morgan fingerprint density at radius 2 is 1.90 bits per heavy atom. The Morgan fingerprint density at radius 1 is 1.17 bits per heavy atom. The smallest absolute Gasteiger partial charge is 0.258 e. The highest BCUT2D eigenvalue weighted by Crippen LogP contribution is 2.45.